The molecule has 142 valence electrons. The van der Waals surface area contributed by atoms with Gasteiger partial charge < -0.3 is 9.88 Å². The van der Waals surface area contributed by atoms with Gasteiger partial charge >= 0.3 is 0 Å². The van der Waals surface area contributed by atoms with Crippen LogP contribution in [0.4, 0.5) is 5.69 Å². The van der Waals surface area contributed by atoms with Gasteiger partial charge in [-0.05, 0) is 24.6 Å². The van der Waals surface area contributed by atoms with Crippen LogP contribution in [0.5, 0.6) is 0 Å². The number of rotatable bonds is 10. The molecular weight excluding hydrogens is 391 g/mol. The summed E-state index contributed by atoms with van der Waals surface area (Å²) in [6.45, 7) is 2.21. The number of unbranched alkanes of at least 4 members (excludes halogenated alkanes) is 4. The van der Waals surface area contributed by atoms with E-state index in [2.05, 4.69) is 22.4 Å². The van der Waals surface area contributed by atoms with Crippen molar-refractivity contribution in [2.24, 2.45) is 7.05 Å². The number of thioether (sulfide) groups is 1. The predicted octanol–water partition coefficient (Wildman–Crippen LogP) is 5.37. The molecule has 1 aromatic heterocycles. The maximum atomic E-state index is 12.1. The lowest BCUT2D eigenvalue weighted by Crippen LogP contribution is -2.14. The first-order valence-electron chi connectivity index (χ1n) is 8.77. The van der Waals surface area contributed by atoms with E-state index in [0.717, 1.165) is 23.8 Å². The Labute approximate surface area is 168 Å². The first-order valence-corrected chi connectivity index (χ1v) is 10.5. The van der Waals surface area contributed by atoms with E-state index in [0.29, 0.717) is 15.7 Å². The third-order valence-corrected chi connectivity index (χ3v) is 5.72. The number of carbonyl (C=O) groups excluding carboxylic acids is 1. The number of anilines is 1. The van der Waals surface area contributed by atoms with Crippen molar-refractivity contribution in [3.8, 4) is 0 Å². The van der Waals surface area contributed by atoms with E-state index < -0.39 is 0 Å². The summed E-state index contributed by atoms with van der Waals surface area (Å²) < 4.78 is 1.97. The number of nitrogens with one attached hydrogen (secondary N) is 1. The summed E-state index contributed by atoms with van der Waals surface area (Å²) in [4.78, 5) is 12.1. The molecule has 2 rings (SSSR count). The molecule has 1 N–H and O–H groups in total. The molecule has 8 heteroatoms. The molecule has 0 saturated carbocycles. The normalized spacial score (nSPS) is 10.9. The van der Waals surface area contributed by atoms with E-state index in [1.807, 2.05) is 11.6 Å². The Morgan fingerprint density at radius 2 is 1.92 bits per heavy atom. The van der Waals surface area contributed by atoms with Gasteiger partial charge in [0.1, 0.15) is 5.82 Å². The summed E-state index contributed by atoms with van der Waals surface area (Å²) in [6, 6.07) is 5.00. The van der Waals surface area contributed by atoms with Gasteiger partial charge in [0.15, 0.2) is 5.16 Å². The third kappa shape index (κ3) is 6.49. The fraction of sp³-hybridized carbons (Fsp3) is 0.500. The SMILES string of the molecule is CCCCCCCc1nnc(SCC(=O)Nc2ccc(Cl)c(Cl)c2)n1C. The van der Waals surface area contributed by atoms with Crippen LogP contribution in [0.1, 0.15) is 44.9 Å². The van der Waals surface area contributed by atoms with Gasteiger partial charge in [-0.15, -0.1) is 10.2 Å². The van der Waals surface area contributed by atoms with Crippen LogP contribution in [0, 0.1) is 0 Å². The van der Waals surface area contributed by atoms with Gasteiger partial charge in [-0.1, -0.05) is 67.6 Å². The number of carbonyl (C=O) groups is 1. The van der Waals surface area contributed by atoms with Crippen molar-refractivity contribution in [1.82, 2.24) is 14.8 Å². The summed E-state index contributed by atoms with van der Waals surface area (Å²) in [5, 5.41) is 12.9. The second kappa shape index (κ2) is 10.8. The number of benzene rings is 1. The van der Waals surface area contributed by atoms with Crippen LogP contribution >= 0.6 is 35.0 Å². The first kappa shape index (κ1) is 21.1. The zero-order valence-electron chi connectivity index (χ0n) is 15.1. The average molecular weight is 415 g/mol. The molecule has 0 spiro atoms. The summed E-state index contributed by atoms with van der Waals surface area (Å²) in [7, 11) is 1.95. The fourth-order valence-electron chi connectivity index (χ4n) is 2.48. The molecule has 0 aliphatic rings. The second-order valence-corrected chi connectivity index (χ2v) is 7.84. The summed E-state index contributed by atoms with van der Waals surface area (Å²) >= 11 is 13.2. The first-order chi connectivity index (χ1) is 12.5. The number of halogens is 2. The number of nitrogens with zero attached hydrogens (tertiary/aromatic N) is 3. The highest BCUT2D eigenvalue weighted by molar-refractivity contribution is 7.99. The number of amides is 1. The van der Waals surface area contributed by atoms with E-state index in [1.54, 1.807) is 18.2 Å². The van der Waals surface area contributed by atoms with Gasteiger partial charge in [0.25, 0.3) is 0 Å². The summed E-state index contributed by atoms with van der Waals surface area (Å²) in [6.07, 6.45) is 7.06. The minimum absolute atomic E-state index is 0.127. The molecule has 26 heavy (non-hydrogen) atoms. The lowest BCUT2D eigenvalue weighted by molar-refractivity contribution is -0.113. The fourth-order valence-corrected chi connectivity index (χ4v) is 3.50. The number of hydrogen-bond acceptors (Lipinski definition) is 4. The van der Waals surface area contributed by atoms with Gasteiger partial charge in [-0.2, -0.15) is 0 Å². The van der Waals surface area contributed by atoms with Crippen molar-refractivity contribution >= 4 is 46.6 Å². The topological polar surface area (TPSA) is 59.8 Å². The standard InChI is InChI=1S/C18H24Cl2N4OS/c1-3-4-5-6-7-8-16-22-23-18(24(16)2)26-12-17(25)21-13-9-10-14(19)15(20)11-13/h9-11H,3-8,12H2,1-2H3,(H,21,25). The number of aromatic nitrogens is 3. The molecule has 0 unspecified atom stereocenters. The molecular formula is C18H24Cl2N4OS. The Hall–Kier alpha value is -1.24. The maximum Gasteiger partial charge on any atom is 0.234 e. The van der Waals surface area contributed by atoms with Gasteiger partial charge in [-0.3, -0.25) is 4.79 Å². The van der Waals surface area contributed by atoms with Gasteiger partial charge in [-0.25, -0.2) is 0 Å². The van der Waals surface area contributed by atoms with Crippen LogP contribution in [-0.4, -0.2) is 26.4 Å². The van der Waals surface area contributed by atoms with Crippen LogP contribution < -0.4 is 5.32 Å². The highest BCUT2D eigenvalue weighted by atomic mass is 35.5. The van der Waals surface area contributed by atoms with E-state index in [9.17, 15) is 4.79 Å². The van der Waals surface area contributed by atoms with Crippen molar-refractivity contribution in [1.29, 1.82) is 0 Å². The third-order valence-electron chi connectivity index (χ3n) is 3.96. The van der Waals surface area contributed by atoms with E-state index >= 15 is 0 Å². The monoisotopic (exact) mass is 414 g/mol. The molecule has 0 atom stereocenters. The van der Waals surface area contributed by atoms with Crippen molar-refractivity contribution in [3.05, 3.63) is 34.1 Å². The molecule has 0 saturated heterocycles. The Morgan fingerprint density at radius 3 is 2.65 bits per heavy atom. The molecule has 2 aromatic rings. The Morgan fingerprint density at radius 1 is 1.15 bits per heavy atom. The molecule has 0 bridgehead atoms. The summed E-state index contributed by atoms with van der Waals surface area (Å²) in [5.74, 6) is 1.09. The lowest BCUT2D eigenvalue weighted by atomic mass is 10.1. The molecule has 0 aliphatic carbocycles. The zero-order chi connectivity index (χ0) is 18.9. The van der Waals surface area contributed by atoms with Crippen molar-refractivity contribution < 1.29 is 4.79 Å². The quantitative estimate of drug-likeness (QED) is 0.419. The van der Waals surface area contributed by atoms with Gasteiger partial charge in [0, 0.05) is 19.2 Å². The molecule has 0 fully saturated rings. The van der Waals surface area contributed by atoms with E-state index in [-0.39, 0.29) is 11.7 Å². The zero-order valence-corrected chi connectivity index (χ0v) is 17.4. The van der Waals surface area contributed by atoms with Crippen LogP contribution in [0.25, 0.3) is 0 Å². The maximum absolute atomic E-state index is 12.1. The van der Waals surface area contributed by atoms with Crippen LogP contribution in [-0.2, 0) is 18.3 Å². The van der Waals surface area contributed by atoms with Crippen LogP contribution in [0.15, 0.2) is 23.4 Å². The molecule has 5 nitrogen and oxygen atoms in total. The van der Waals surface area contributed by atoms with E-state index in [4.69, 9.17) is 23.2 Å². The minimum atomic E-state index is -0.127. The molecule has 0 radical (unpaired) electrons. The second-order valence-electron chi connectivity index (χ2n) is 6.09. The molecule has 1 heterocycles. The Bertz CT molecular complexity index is 736. The smallest absolute Gasteiger partial charge is 0.234 e. The van der Waals surface area contributed by atoms with Crippen molar-refractivity contribution in [3.63, 3.8) is 0 Å². The molecule has 0 aliphatic heterocycles. The lowest BCUT2D eigenvalue weighted by Gasteiger charge is -2.06. The Kier molecular flexibility index (Phi) is 8.75. The van der Waals surface area contributed by atoms with Crippen LogP contribution in [0.2, 0.25) is 10.0 Å². The van der Waals surface area contributed by atoms with Crippen LogP contribution in [0.3, 0.4) is 0 Å². The molecule has 1 amide bonds. The number of hydrogen-bond donors (Lipinski definition) is 1. The highest BCUT2D eigenvalue weighted by Gasteiger charge is 2.12. The largest absolute Gasteiger partial charge is 0.325 e. The summed E-state index contributed by atoms with van der Waals surface area (Å²) in [5.41, 5.74) is 0.621. The average Bonchev–Trinajstić information content (AvgIpc) is 2.96. The van der Waals surface area contributed by atoms with Crippen molar-refractivity contribution in [2.75, 3.05) is 11.1 Å². The predicted molar refractivity (Wildman–Crippen MR) is 109 cm³/mol. The van der Waals surface area contributed by atoms with Crippen molar-refractivity contribution in [2.45, 2.75) is 50.6 Å². The van der Waals surface area contributed by atoms with E-state index in [1.165, 1.54) is 37.4 Å². The minimum Gasteiger partial charge on any atom is -0.325 e. The highest BCUT2D eigenvalue weighted by Crippen LogP contribution is 2.25. The van der Waals surface area contributed by atoms with Gasteiger partial charge in [0.2, 0.25) is 5.91 Å². The Balaban J connectivity index is 1.79. The molecule has 1 aromatic carbocycles. The number of aryl methyl sites for hydroxylation is 1. The van der Waals surface area contributed by atoms with Gasteiger partial charge in [0.05, 0.1) is 15.8 Å².